The maximum Gasteiger partial charge on any atom is 0.314 e. The first-order chi connectivity index (χ1) is 7.53. The minimum atomic E-state index is -1.83. The van der Waals surface area contributed by atoms with Crippen molar-refractivity contribution in [3.8, 4) is 0 Å². The molecule has 4 nitrogen and oxygen atoms in total. The van der Waals surface area contributed by atoms with Crippen LogP contribution in [-0.4, -0.2) is 35.0 Å². The molecule has 17 heavy (non-hydrogen) atoms. The van der Waals surface area contributed by atoms with Gasteiger partial charge in [-0.3, -0.25) is 4.79 Å². The van der Waals surface area contributed by atoms with Crippen LogP contribution in [-0.2, 0) is 13.6 Å². The van der Waals surface area contributed by atoms with Gasteiger partial charge in [0.1, 0.15) is 6.54 Å². The van der Waals surface area contributed by atoms with Crippen LogP contribution in [0.4, 0.5) is 0 Å². The van der Waals surface area contributed by atoms with Gasteiger partial charge in [-0.1, -0.05) is 6.58 Å². The molecular weight excluding hydrogens is 250 g/mol. The number of hydrogen-bond donors (Lipinski definition) is 0. The summed E-state index contributed by atoms with van der Waals surface area (Å²) in [5.74, 6) is 0.124. The van der Waals surface area contributed by atoms with E-state index < -0.39 is 16.6 Å². The predicted molar refractivity (Wildman–Crippen MR) is 76.4 cm³/mol. The van der Waals surface area contributed by atoms with Crippen molar-refractivity contribution in [2.75, 3.05) is 6.54 Å². The molecule has 0 unspecified atom stereocenters. The van der Waals surface area contributed by atoms with Gasteiger partial charge in [0, 0.05) is 0 Å². The number of aliphatic imine (C=N–C) groups is 1. The predicted octanol–water partition coefficient (Wildman–Crippen LogP) is 2.80. The summed E-state index contributed by atoms with van der Waals surface area (Å²) in [6.45, 7) is 15.6. The largest absolute Gasteiger partial charge is 0.532 e. The molecule has 0 aliphatic heterocycles. The molecule has 0 saturated heterocycles. The van der Waals surface area contributed by atoms with Gasteiger partial charge in [0.25, 0.3) is 0 Å². The van der Waals surface area contributed by atoms with Crippen LogP contribution in [0.5, 0.6) is 0 Å². The van der Waals surface area contributed by atoms with Gasteiger partial charge in [-0.2, -0.15) is 0 Å². The van der Waals surface area contributed by atoms with E-state index in [0.717, 1.165) is 0 Å². The fraction of sp³-hybridized carbons (Fsp3) is 0.636. The minimum Gasteiger partial charge on any atom is -0.532 e. The van der Waals surface area contributed by atoms with Crippen LogP contribution >= 0.6 is 0 Å². The fourth-order valence-electron chi connectivity index (χ4n) is 0.968. The lowest BCUT2D eigenvalue weighted by Crippen LogP contribution is -2.31. The molecule has 0 spiro atoms. The van der Waals surface area contributed by atoms with Gasteiger partial charge in [-0.25, -0.2) is 4.99 Å². The zero-order valence-electron chi connectivity index (χ0n) is 11.7. The molecule has 0 aromatic rings. The molecule has 0 aromatic carbocycles. The third-order valence-electron chi connectivity index (χ3n) is 1.37. The Morgan fingerprint density at radius 2 is 1.59 bits per heavy atom. The normalized spacial score (nSPS) is 13.2. The summed E-state index contributed by atoms with van der Waals surface area (Å²) in [4.78, 5) is 15.5. The van der Waals surface area contributed by atoms with Crippen LogP contribution in [0.15, 0.2) is 17.6 Å². The standard InChI is InChI=1S/C11H23NO3Si2/c1-8-10(14-16(2,3)4)12-9-11(13)15-17(5,6)7/h8H,1,9H2,2-7H3. The van der Waals surface area contributed by atoms with Gasteiger partial charge in [0.05, 0.1) is 0 Å². The van der Waals surface area contributed by atoms with Gasteiger partial charge >= 0.3 is 5.97 Å². The number of carbonyl (C=O) groups excluding carboxylic acids is 1. The summed E-state index contributed by atoms with van der Waals surface area (Å²) in [5.41, 5.74) is 0. The molecule has 98 valence electrons. The smallest absolute Gasteiger partial charge is 0.314 e. The first-order valence-corrected chi connectivity index (χ1v) is 12.4. The van der Waals surface area contributed by atoms with E-state index in [0.29, 0.717) is 5.90 Å². The Bertz CT molecular complexity index is 314. The second kappa shape index (κ2) is 6.16. The molecule has 0 heterocycles. The third kappa shape index (κ3) is 10.0. The monoisotopic (exact) mass is 273 g/mol. The Morgan fingerprint density at radius 3 is 1.94 bits per heavy atom. The number of hydrogen-bond acceptors (Lipinski definition) is 4. The van der Waals surface area contributed by atoms with Gasteiger partial charge < -0.3 is 8.85 Å². The van der Waals surface area contributed by atoms with E-state index >= 15 is 0 Å². The molecule has 0 N–H and O–H groups in total. The van der Waals surface area contributed by atoms with E-state index in [-0.39, 0.29) is 12.5 Å². The molecule has 0 rings (SSSR count). The zero-order valence-corrected chi connectivity index (χ0v) is 13.7. The van der Waals surface area contributed by atoms with Crippen molar-refractivity contribution in [3.05, 3.63) is 12.7 Å². The average Bonchev–Trinajstić information content (AvgIpc) is 2.07. The molecule has 0 amide bonds. The fourth-order valence-corrected chi connectivity index (χ4v) is 2.49. The van der Waals surface area contributed by atoms with Crippen molar-refractivity contribution < 1.29 is 13.6 Å². The summed E-state index contributed by atoms with van der Waals surface area (Å²) in [5, 5.41) is 0. The van der Waals surface area contributed by atoms with Crippen molar-refractivity contribution >= 4 is 28.5 Å². The molecule has 0 radical (unpaired) electrons. The van der Waals surface area contributed by atoms with Crippen LogP contribution < -0.4 is 0 Å². The summed E-state index contributed by atoms with van der Waals surface area (Å²) in [7, 11) is -3.53. The summed E-state index contributed by atoms with van der Waals surface area (Å²) in [6.07, 6.45) is 1.53. The molecule has 0 fully saturated rings. The van der Waals surface area contributed by atoms with Crippen molar-refractivity contribution in [2.45, 2.75) is 39.3 Å². The summed E-state index contributed by atoms with van der Waals surface area (Å²) >= 11 is 0. The van der Waals surface area contributed by atoms with Crippen molar-refractivity contribution in [1.82, 2.24) is 0 Å². The summed E-state index contributed by atoms with van der Waals surface area (Å²) < 4.78 is 10.9. The SMILES string of the molecule is C=CC(=NCC(=O)O[Si](C)(C)C)O[Si](C)(C)C. The Morgan fingerprint density at radius 1 is 1.12 bits per heavy atom. The maximum atomic E-state index is 11.5. The van der Waals surface area contributed by atoms with Crippen LogP contribution in [0.2, 0.25) is 39.3 Å². The van der Waals surface area contributed by atoms with Crippen molar-refractivity contribution in [1.29, 1.82) is 0 Å². The van der Waals surface area contributed by atoms with E-state index in [1.54, 1.807) is 0 Å². The summed E-state index contributed by atoms with van der Waals surface area (Å²) in [6, 6.07) is 0. The Kier molecular flexibility index (Phi) is 5.84. The minimum absolute atomic E-state index is 0.00387. The maximum absolute atomic E-state index is 11.5. The molecule has 0 bridgehead atoms. The van der Waals surface area contributed by atoms with Gasteiger partial charge in [0.2, 0.25) is 16.6 Å². The van der Waals surface area contributed by atoms with Gasteiger partial charge in [-0.05, 0) is 45.4 Å². The molecule has 0 aliphatic carbocycles. The number of rotatable bonds is 5. The lowest BCUT2D eigenvalue weighted by Gasteiger charge is -2.19. The van der Waals surface area contributed by atoms with E-state index in [1.807, 2.05) is 39.3 Å². The zero-order chi connectivity index (χ0) is 13.7. The Labute approximate surface area is 106 Å². The van der Waals surface area contributed by atoms with Crippen LogP contribution in [0.1, 0.15) is 0 Å². The molecule has 0 saturated carbocycles. The highest BCUT2D eigenvalue weighted by atomic mass is 28.4. The highest BCUT2D eigenvalue weighted by Gasteiger charge is 2.20. The molecule has 0 aliphatic rings. The Balaban J connectivity index is 4.38. The lowest BCUT2D eigenvalue weighted by molar-refractivity contribution is -0.133. The van der Waals surface area contributed by atoms with E-state index in [4.69, 9.17) is 8.85 Å². The number of nitrogens with zero attached hydrogens (tertiary/aromatic N) is 1. The van der Waals surface area contributed by atoms with Crippen molar-refractivity contribution in [3.63, 3.8) is 0 Å². The van der Waals surface area contributed by atoms with E-state index in [9.17, 15) is 4.79 Å². The molecule has 0 aromatic heterocycles. The molecule has 6 heteroatoms. The van der Waals surface area contributed by atoms with Gasteiger partial charge in [0.15, 0.2) is 5.90 Å². The lowest BCUT2D eigenvalue weighted by atomic mass is 10.6. The Hall–Kier alpha value is -0.886. The second-order valence-electron chi connectivity index (χ2n) is 5.66. The molecule has 0 atom stereocenters. The van der Waals surface area contributed by atoms with Crippen molar-refractivity contribution in [2.24, 2.45) is 4.99 Å². The van der Waals surface area contributed by atoms with Gasteiger partial charge in [-0.15, -0.1) is 0 Å². The second-order valence-corrected chi connectivity index (χ2v) is 14.5. The van der Waals surface area contributed by atoms with Crippen LogP contribution in [0, 0.1) is 0 Å². The van der Waals surface area contributed by atoms with E-state index in [1.165, 1.54) is 6.08 Å². The highest BCUT2D eigenvalue weighted by Crippen LogP contribution is 2.06. The first-order valence-electron chi connectivity index (χ1n) is 5.61. The number of carbonyl (C=O) groups is 1. The quantitative estimate of drug-likeness (QED) is 0.439. The highest BCUT2D eigenvalue weighted by molar-refractivity contribution is 6.71. The first kappa shape index (κ1) is 16.1. The average molecular weight is 273 g/mol. The molecular formula is C11H23NO3Si2. The van der Waals surface area contributed by atoms with E-state index in [2.05, 4.69) is 11.6 Å². The van der Waals surface area contributed by atoms with Crippen LogP contribution in [0.3, 0.4) is 0 Å². The topological polar surface area (TPSA) is 47.9 Å². The van der Waals surface area contributed by atoms with Crippen LogP contribution in [0.25, 0.3) is 0 Å². The third-order valence-corrected chi connectivity index (χ3v) is 3.03.